The summed E-state index contributed by atoms with van der Waals surface area (Å²) in [6.07, 6.45) is 1.49. The Morgan fingerprint density at radius 2 is 1.60 bits per heavy atom. The van der Waals surface area contributed by atoms with Gasteiger partial charge in [0.05, 0.1) is 27.9 Å². The van der Waals surface area contributed by atoms with Crippen LogP contribution in [0.1, 0.15) is 22.8 Å². The highest BCUT2D eigenvalue weighted by atomic mass is 16.5. The second-order valence-corrected chi connectivity index (χ2v) is 5.90. The van der Waals surface area contributed by atoms with Gasteiger partial charge in [-0.15, -0.1) is 0 Å². The molecule has 2 amide bonds. The summed E-state index contributed by atoms with van der Waals surface area (Å²) in [5.74, 6) is 5.70. The van der Waals surface area contributed by atoms with E-state index < -0.39 is 11.8 Å². The molecule has 2 rings (SSSR count). The fourth-order valence-corrected chi connectivity index (χ4v) is 2.64. The van der Waals surface area contributed by atoms with Crippen molar-refractivity contribution in [2.45, 2.75) is 6.92 Å². The number of amides is 2. The van der Waals surface area contributed by atoms with E-state index in [0.29, 0.717) is 35.2 Å². The summed E-state index contributed by atoms with van der Waals surface area (Å²) < 4.78 is 21.2. The number of nitrogens with one attached hydrogen (secondary N) is 2. The molecule has 30 heavy (non-hydrogen) atoms. The van der Waals surface area contributed by atoms with E-state index in [1.165, 1.54) is 39.5 Å². The van der Waals surface area contributed by atoms with Gasteiger partial charge in [0.15, 0.2) is 11.5 Å². The molecule has 160 valence electrons. The Morgan fingerprint density at radius 1 is 1.00 bits per heavy atom. The Balaban J connectivity index is 2.34. The highest BCUT2D eigenvalue weighted by Gasteiger charge is 2.19. The molecule has 0 unspecified atom stereocenters. The normalized spacial score (nSPS) is 10.8. The van der Waals surface area contributed by atoms with E-state index in [9.17, 15) is 9.59 Å². The van der Waals surface area contributed by atoms with Crippen molar-refractivity contribution in [2.75, 3.05) is 27.9 Å². The van der Waals surface area contributed by atoms with Gasteiger partial charge < -0.3 is 24.3 Å². The largest absolute Gasteiger partial charge is 0.494 e. The smallest absolute Gasteiger partial charge is 0.281 e. The van der Waals surface area contributed by atoms with Gasteiger partial charge in [-0.25, -0.2) is 5.84 Å². The summed E-state index contributed by atoms with van der Waals surface area (Å²) in [6, 6.07) is 9.97. The van der Waals surface area contributed by atoms with Gasteiger partial charge in [-0.2, -0.15) is 0 Å². The number of carbonyl (C=O) groups is 2. The number of hydrazine groups is 1. The standard InChI is InChI=1S/C21H25N3O6/c1-5-30-15-8-6-13(7-9-15)10-16(21(26)24-22)23-20(25)14-11-17(27-2)19(29-4)18(12-14)28-3/h6-12H,5,22H2,1-4H3,(H,23,25)(H,24,26)/b16-10+. The summed E-state index contributed by atoms with van der Waals surface area (Å²) in [7, 11) is 4.35. The lowest BCUT2D eigenvalue weighted by molar-refractivity contribution is -0.117. The fraction of sp³-hybridized carbons (Fsp3) is 0.238. The maximum absolute atomic E-state index is 12.8. The van der Waals surface area contributed by atoms with Crippen LogP contribution >= 0.6 is 0 Å². The number of benzene rings is 2. The molecule has 0 radical (unpaired) electrons. The van der Waals surface area contributed by atoms with Gasteiger partial charge in [0.2, 0.25) is 5.75 Å². The first-order chi connectivity index (χ1) is 14.5. The molecule has 0 saturated heterocycles. The fourth-order valence-electron chi connectivity index (χ4n) is 2.64. The molecular formula is C21H25N3O6. The van der Waals surface area contributed by atoms with Crippen LogP contribution in [0.4, 0.5) is 0 Å². The topological polar surface area (TPSA) is 121 Å². The predicted molar refractivity (Wildman–Crippen MR) is 111 cm³/mol. The van der Waals surface area contributed by atoms with Crippen molar-refractivity contribution >= 4 is 17.9 Å². The summed E-state index contributed by atoms with van der Waals surface area (Å²) in [6.45, 7) is 2.43. The zero-order valence-corrected chi connectivity index (χ0v) is 17.3. The minimum Gasteiger partial charge on any atom is -0.494 e. The maximum Gasteiger partial charge on any atom is 0.281 e. The van der Waals surface area contributed by atoms with Gasteiger partial charge in [0.1, 0.15) is 11.4 Å². The Morgan fingerprint density at radius 3 is 2.07 bits per heavy atom. The number of nitrogens with two attached hydrogens (primary N) is 1. The van der Waals surface area contributed by atoms with Crippen LogP contribution in [0.5, 0.6) is 23.0 Å². The third-order valence-corrected chi connectivity index (χ3v) is 4.05. The van der Waals surface area contributed by atoms with Crippen molar-refractivity contribution < 1.29 is 28.5 Å². The molecule has 9 nitrogen and oxygen atoms in total. The molecule has 0 heterocycles. The molecule has 0 bridgehead atoms. The predicted octanol–water partition coefficient (Wildman–Crippen LogP) is 1.87. The number of hydrogen-bond donors (Lipinski definition) is 3. The van der Waals surface area contributed by atoms with Crippen LogP contribution in [0.3, 0.4) is 0 Å². The average molecular weight is 415 g/mol. The van der Waals surface area contributed by atoms with E-state index in [1.54, 1.807) is 24.3 Å². The molecule has 0 saturated carbocycles. The molecule has 4 N–H and O–H groups in total. The van der Waals surface area contributed by atoms with Gasteiger partial charge in [0, 0.05) is 5.56 Å². The van der Waals surface area contributed by atoms with Crippen molar-refractivity contribution in [3.05, 3.63) is 53.2 Å². The number of ether oxygens (including phenoxy) is 4. The lowest BCUT2D eigenvalue weighted by Crippen LogP contribution is -2.38. The lowest BCUT2D eigenvalue weighted by atomic mass is 10.1. The number of methoxy groups -OCH3 is 3. The molecule has 2 aromatic rings. The SMILES string of the molecule is CCOc1ccc(/C=C(/NC(=O)c2cc(OC)c(OC)c(OC)c2)C(=O)NN)cc1. The minimum atomic E-state index is -0.662. The number of rotatable bonds is 9. The molecule has 0 aromatic heterocycles. The Bertz CT molecular complexity index is 900. The molecule has 0 atom stereocenters. The molecule has 0 aliphatic rings. The van der Waals surface area contributed by atoms with Gasteiger partial charge >= 0.3 is 0 Å². The maximum atomic E-state index is 12.8. The molecule has 0 spiro atoms. The zero-order chi connectivity index (χ0) is 22.1. The van der Waals surface area contributed by atoms with Crippen LogP contribution in [0.15, 0.2) is 42.1 Å². The van der Waals surface area contributed by atoms with Crippen LogP contribution in [-0.4, -0.2) is 39.8 Å². The molecule has 0 aliphatic heterocycles. The first-order valence-electron chi connectivity index (χ1n) is 9.04. The quantitative estimate of drug-likeness (QED) is 0.247. The van der Waals surface area contributed by atoms with Crippen LogP contribution in [0.2, 0.25) is 0 Å². The van der Waals surface area contributed by atoms with Gasteiger partial charge in [-0.1, -0.05) is 12.1 Å². The first-order valence-corrected chi connectivity index (χ1v) is 9.04. The summed E-state index contributed by atoms with van der Waals surface area (Å²) >= 11 is 0. The number of hydrogen-bond acceptors (Lipinski definition) is 7. The number of carbonyl (C=O) groups excluding carboxylic acids is 2. The van der Waals surface area contributed by atoms with E-state index in [4.69, 9.17) is 24.8 Å². The lowest BCUT2D eigenvalue weighted by Gasteiger charge is -2.14. The Kier molecular flexibility index (Phi) is 8.07. The third-order valence-electron chi connectivity index (χ3n) is 4.05. The van der Waals surface area contributed by atoms with Gasteiger partial charge in [-0.05, 0) is 42.8 Å². The van der Waals surface area contributed by atoms with Crippen LogP contribution in [0.25, 0.3) is 6.08 Å². The zero-order valence-electron chi connectivity index (χ0n) is 17.3. The minimum absolute atomic E-state index is 0.0413. The summed E-state index contributed by atoms with van der Waals surface area (Å²) in [5, 5.41) is 2.56. The van der Waals surface area contributed by atoms with Crippen LogP contribution < -0.4 is 35.5 Å². The van der Waals surface area contributed by atoms with E-state index in [1.807, 2.05) is 12.3 Å². The second kappa shape index (κ2) is 10.7. The Labute approximate surface area is 174 Å². The van der Waals surface area contributed by atoms with E-state index in [2.05, 4.69) is 5.32 Å². The van der Waals surface area contributed by atoms with Crippen molar-refractivity contribution in [1.82, 2.24) is 10.7 Å². The van der Waals surface area contributed by atoms with Crippen molar-refractivity contribution in [2.24, 2.45) is 5.84 Å². The molecule has 0 aliphatic carbocycles. The molecule has 0 fully saturated rings. The molecular weight excluding hydrogens is 390 g/mol. The summed E-state index contributed by atoms with van der Waals surface area (Å²) in [5.41, 5.74) is 2.85. The molecule has 9 heteroatoms. The van der Waals surface area contributed by atoms with E-state index in [-0.39, 0.29) is 11.3 Å². The molecule has 2 aromatic carbocycles. The van der Waals surface area contributed by atoms with Crippen molar-refractivity contribution in [1.29, 1.82) is 0 Å². The van der Waals surface area contributed by atoms with Crippen molar-refractivity contribution in [3.8, 4) is 23.0 Å². The highest BCUT2D eigenvalue weighted by molar-refractivity contribution is 6.05. The van der Waals surface area contributed by atoms with Gasteiger partial charge in [0.25, 0.3) is 11.8 Å². The van der Waals surface area contributed by atoms with Crippen molar-refractivity contribution in [3.63, 3.8) is 0 Å². The monoisotopic (exact) mass is 415 g/mol. The van der Waals surface area contributed by atoms with Gasteiger partial charge in [-0.3, -0.25) is 15.0 Å². The Hall–Kier alpha value is -3.72. The summed E-state index contributed by atoms with van der Waals surface area (Å²) in [4.78, 5) is 25.0. The second-order valence-electron chi connectivity index (χ2n) is 5.90. The van der Waals surface area contributed by atoms with Crippen LogP contribution in [-0.2, 0) is 4.79 Å². The average Bonchev–Trinajstić information content (AvgIpc) is 2.78. The highest BCUT2D eigenvalue weighted by Crippen LogP contribution is 2.38. The van der Waals surface area contributed by atoms with E-state index in [0.717, 1.165) is 0 Å². The van der Waals surface area contributed by atoms with E-state index >= 15 is 0 Å². The van der Waals surface area contributed by atoms with Crippen LogP contribution in [0, 0.1) is 0 Å². The third kappa shape index (κ3) is 5.42. The first kappa shape index (κ1) is 22.6.